The van der Waals surface area contributed by atoms with Gasteiger partial charge in [0.2, 0.25) is 5.91 Å². The van der Waals surface area contributed by atoms with Gasteiger partial charge in [-0.05, 0) is 118 Å². The summed E-state index contributed by atoms with van der Waals surface area (Å²) in [5, 5.41) is 3.43. The zero-order valence-electron chi connectivity index (χ0n) is 35.9. The Morgan fingerprint density at radius 2 is 1.23 bits per heavy atom. The second-order valence-electron chi connectivity index (χ2n) is 19.8. The highest BCUT2D eigenvalue weighted by Gasteiger charge is 2.40. The van der Waals surface area contributed by atoms with Crippen molar-refractivity contribution >= 4 is 23.0 Å². The molecule has 2 N–H and O–H groups in total. The van der Waals surface area contributed by atoms with Gasteiger partial charge in [0.15, 0.2) is 0 Å². The van der Waals surface area contributed by atoms with E-state index in [2.05, 4.69) is 140 Å². The molecule has 6 heteroatoms. The van der Waals surface area contributed by atoms with E-state index in [0.717, 1.165) is 71.6 Å². The van der Waals surface area contributed by atoms with Crippen LogP contribution >= 0.6 is 0 Å². The smallest absolute Gasteiger partial charge is 0.230 e. The number of nitrogens with zero attached hydrogens (tertiary/aromatic N) is 2. The van der Waals surface area contributed by atoms with E-state index in [9.17, 15) is 9.59 Å². The lowest BCUT2D eigenvalue weighted by Crippen LogP contribution is -2.52. The van der Waals surface area contributed by atoms with Crippen LogP contribution in [0, 0.1) is 21.7 Å². The van der Waals surface area contributed by atoms with Crippen molar-refractivity contribution in [2.24, 2.45) is 26.7 Å². The van der Waals surface area contributed by atoms with Crippen molar-refractivity contribution < 1.29 is 9.59 Å². The van der Waals surface area contributed by atoms with Crippen molar-refractivity contribution in [3.05, 3.63) is 95.6 Å². The maximum Gasteiger partial charge on any atom is 0.230 e. The first kappa shape index (κ1) is 41.3. The summed E-state index contributed by atoms with van der Waals surface area (Å²) in [6.07, 6.45) is 18.6. The fraction of sp³-hybridized carbons (Fsp3) is 0.520. The summed E-state index contributed by atoms with van der Waals surface area (Å²) in [7, 11) is 0. The third-order valence-corrected chi connectivity index (χ3v) is 12.8. The van der Waals surface area contributed by atoms with Gasteiger partial charge < -0.3 is 10.3 Å². The predicted molar refractivity (Wildman–Crippen MR) is 233 cm³/mol. The third kappa shape index (κ3) is 9.11. The van der Waals surface area contributed by atoms with E-state index in [0.29, 0.717) is 18.6 Å². The Bertz CT molecular complexity index is 2020. The van der Waals surface area contributed by atoms with E-state index in [1.54, 1.807) is 0 Å². The predicted octanol–water partition coefficient (Wildman–Crippen LogP) is 12.6. The molecule has 298 valence electrons. The number of Topliss-reactive ketones (excluding diaryl/α,β-unsaturated/α-hetero) is 1. The topological polar surface area (TPSA) is 87.2 Å². The number of aromatic nitrogens is 2. The molecule has 1 amide bonds. The Labute approximate surface area is 336 Å². The lowest BCUT2D eigenvalue weighted by atomic mass is 9.69. The Balaban J connectivity index is 1.10. The standard InChI is InChI=1S/C50H66N4O2/c1-47(2,3)40(30-43(55)49(7,8)38-17-13-11-14-18-38)45-52-32-42(53-45)36-27-25-34(26-28-36)33-21-23-35(24-22-33)37-29-41(51-31-37)44(48(4,5)6)54-46(56)50(9,10)39-19-15-12-16-20-39/h17,19,21-28,31-32,40,44H,11-16,18,20,29-30H2,1-10H3,(H,52,53)(H,54,56)/t40-,44-/m1/s1. The van der Waals surface area contributed by atoms with Crippen LogP contribution in [0.2, 0.25) is 0 Å². The minimum Gasteiger partial charge on any atom is -0.347 e. The van der Waals surface area contributed by atoms with Gasteiger partial charge in [-0.15, -0.1) is 0 Å². The normalized spacial score (nSPS) is 18.0. The van der Waals surface area contributed by atoms with Gasteiger partial charge >= 0.3 is 0 Å². The van der Waals surface area contributed by atoms with Crippen LogP contribution in [0.1, 0.15) is 151 Å². The summed E-state index contributed by atoms with van der Waals surface area (Å²) in [5.41, 5.74) is 8.90. The van der Waals surface area contributed by atoms with Gasteiger partial charge in [0.25, 0.3) is 0 Å². The fourth-order valence-corrected chi connectivity index (χ4v) is 8.68. The number of carbonyl (C=O) groups is 2. The lowest BCUT2D eigenvalue weighted by Gasteiger charge is -2.36. The van der Waals surface area contributed by atoms with Crippen LogP contribution in [0.4, 0.5) is 0 Å². The largest absolute Gasteiger partial charge is 0.347 e. The Morgan fingerprint density at radius 3 is 1.75 bits per heavy atom. The molecule has 6 nitrogen and oxygen atoms in total. The van der Waals surface area contributed by atoms with E-state index >= 15 is 0 Å². The molecule has 0 unspecified atom stereocenters. The van der Waals surface area contributed by atoms with Gasteiger partial charge in [-0.25, -0.2) is 4.98 Å². The Hall–Kier alpha value is -4.32. The number of aromatic amines is 1. The van der Waals surface area contributed by atoms with Crippen LogP contribution in [-0.4, -0.2) is 33.4 Å². The molecule has 6 rings (SSSR count). The molecule has 0 spiro atoms. The lowest BCUT2D eigenvalue weighted by molar-refractivity contribution is -0.128. The van der Waals surface area contributed by atoms with Gasteiger partial charge in [-0.3, -0.25) is 14.6 Å². The van der Waals surface area contributed by atoms with Gasteiger partial charge in [-0.1, -0.05) is 113 Å². The maximum atomic E-state index is 13.8. The first-order valence-corrected chi connectivity index (χ1v) is 21.1. The van der Waals surface area contributed by atoms with Gasteiger partial charge in [0.1, 0.15) is 11.6 Å². The molecule has 2 heterocycles. The van der Waals surface area contributed by atoms with E-state index in [1.165, 1.54) is 36.0 Å². The number of aliphatic imine (C=N–C) groups is 1. The summed E-state index contributed by atoms with van der Waals surface area (Å²) in [4.78, 5) is 40.9. The molecular formula is C50H66N4O2. The molecule has 0 fully saturated rings. The SMILES string of the molecule is CC(C)(C(=O)C[C@H](c1ncc(-c2ccc(-c3ccc(C4=CN=C([C@@H](NC(=O)C(C)(C)C5=CCCCC5)C(C)(C)C)C4)cc3)cc2)[nH]1)C(C)(C)C)C1=CCCCC1. The number of hydrogen-bond donors (Lipinski definition) is 2. The Morgan fingerprint density at radius 1 is 0.696 bits per heavy atom. The maximum absolute atomic E-state index is 13.8. The van der Waals surface area contributed by atoms with Crippen molar-refractivity contribution in [1.29, 1.82) is 0 Å². The number of benzene rings is 2. The molecule has 0 bridgehead atoms. The van der Waals surface area contributed by atoms with Gasteiger partial charge in [-0.2, -0.15) is 0 Å². The first-order chi connectivity index (χ1) is 26.4. The van der Waals surface area contributed by atoms with Crippen LogP contribution < -0.4 is 5.32 Å². The molecule has 0 saturated heterocycles. The number of rotatable bonds is 12. The molecule has 2 aromatic carbocycles. The van der Waals surface area contributed by atoms with E-state index in [1.807, 2.05) is 12.4 Å². The number of H-pyrrole nitrogens is 1. The number of ketones is 1. The zero-order chi connectivity index (χ0) is 40.5. The number of amides is 1. The highest BCUT2D eigenvalue weighted by Crippen LogP contribution is 2.43. The summed E-state index contributed by atoms with van der Waals surface area (Å²) < 4.78 is 0. The molecule has 3 aromatic rings. The van der Waals surface area contributed by atoms with Crippen molar-refractivity contribution in [3.63, 3.8) is 0 Å². The summed E-state index contributed by atoms with van der Waals surface area (Å²) in [6.45, 7) is 21.5. The average molecular weight is 755 g/mol. The van der Waals surface area contributed by atoms with E-state index in [-0.39, 0.29) is 28.7 Å². The number of imidazole rings is 1. The number of hydrogen-bond acceptors (Lipinski definition) is 4. The monoisotopic (exact) mass is 755 g/mol. The Kier molecular flexibility index (Phi) is 12.0. The number of nitrogens with one attached hydrogen (secondary N) is 2. The summed E-state index contributed by atoms with van der Waals surface area (Å²) in [6, 6.07) is 17.2. The second kappa shape index (κ2) is 16.3. The molecule has 0 radical (unpaired) electrons. The second-order valence-corrected chi connectivity index (χ2v) is 19.8. The van der Waals surface area contributed by atoms with Gasteiger partial charge in [0.05, 0.1) is 23.3 Å². The van der Waals surface area contributed by atoms with Crippen LogP contribution in [0.3, 0.4) is 0 Å². The molecule has 2 aliphatic carbocycles. The summed E-state index contributed by atoms with van der Waals surface area (Å²) in [5.74, 6) is 1.23. The van der Waals surface area contributed by atoms with Crippen LogP contribution in [0.25, 0.3) is 28.0 Å². The molecule has 3 aliphatic rings. The quantitative estimate of drug-likeness (QED) is 0.181. The number of allylic oxidation sites excluding steroid dienone is 4. The highest BCUT2D eigenvalue weighted by atomic mass is 16.2. The summed E-state index contributed by atoms with van der Waals surface area (Å²) >= 11 is 0. The molecule has 2 atom stereocenters. The number of carbonyl (C=O) groups excluding carboxylic acids is 2. The third-order valence-electron chi connectivity index (χ3n) is 12.8. The highest BCUT2D eigenvalue weighted by molar-refractivity contribution is 6.04. The van der Waals surface area contributed by atoms with E-state index in [4.69, 9.17) is 9.98 Å². The van der Waals surface area contributed by atoms with Crippen molar-refractivity contribution in [3.8, 4) is 22.4 Å². The van der Waals surface area contributed by atoms with Crippen LogP contribution in [-0.2, 0) is 9.59 Å². The molecule has 1 aliphatic heterocycles. The van der Waals surface area contributed by atoms with Crippen molar-refractivity contribution in [2.45, 2.75) is 145 Å². The van der Waals surface area contributed by atoms with Crippen LogP contribution in [0.5, 0.6) is 0 Å². The van der Waals surface area contributed by atoms with Crippen molar-refractivity contribution in [2.75, 3.05) is 0 Å². The zero-order valence-corrected chi connectivity index (χ0v) is 35.9. The average Bonchev–Trinajstić information content (AvgIpc) is 3.87. The molecule has 56 heavy (non-hydrogen) atoms. The minimum absolute atomic E-state index is 0.0177. The molecule has 1 aromatic heterocycles. The minimum atomic E-state index is -0.533. The first-order valence-electron chi connectivity index (χ1n) is 21.1. The fourth-order valence-electron chi connectivity index (χ4n) is 8.68. The molecule has 0 saturated carbocycles. The van der Waals surface area contributed by atoms with Crippen LogP contribution in [0.15, 0.2) is 89.2 Å². The van der Waals surface area contributed by atoms with Crippen molar-refractivity contribution in [1.82, 2.24) is 15.3 Å². The van der Waals surface area contributed by atoms with Gasteiger partial charge in [0, 0.05) is 36.1 Å². The molecular weight excluding hydrogens is 689 g/mol. The van der Waals surface area contributed by atoms with E-state index < -0.39 is 10.8 Å².